The minimum Gasteiger partial charge on any atom is -0.495 e. The summed E-state index contributed by atoms with van der Waals surface area (Å²) in [6.07, 6.45) is 2.70. The normalized spacial score (nSPS) is 11.7. The molecule has 0 aliphatic carbocycles. The Bertz CT molecular complexity index is 940. The van der Waals surface area contributed by atoms with E-state index >= 15 is 0 Å². The number of ether oxygens (including phenoxy) is 1. The van der Waals surface area contributed by atoms with Gasteiger partial charge in [-0.3, -0.25) is 4.79 Å². The Morgan fingerprint density at radius 2 is 1.92 bits per heavy atom. The molecule has 0 saturated heterocycles. The number of anilines is 1. The lowest BCUT2D eigenvalue weighted by molar-refractivity contribution is -0.111. The summed E-state index contributed by atoms with van der Waals surface area (Å²) in [6.45, 7) is 0. The van der Waals surface area contributed by atoms with E-state index in [-0.39, 0.29) is 10.6 Å². The van der Waals surface area contributed by atoms with Gasteiger partial charge < -0.3 is 10.1 Å². The molecule has 26 heavy (non-hydrogen) atoms. The Morgan fingerprint density at radius 1 is 1.19 bits per heavy atom. The van der Waals surface area contributed by atoms with E-state index in [1.54, 1.807) is 12.1 Å². The highest BCUT2D eigenvalue weighted by Gasteiger charge is 2.22. The SMILES string of the molecule is COc1ccc(/C=C/C(=O)Nc2cccc(F)c2)cc1S(=O)(=O)N(C)C. The molecular formula is C18H19FN2O4S. The predicted octanol–water partition coefficient (Wildman–Crippen LogP) is 2.74. The number of hydrogen-bond acceptors (Lipinski definition) is 4. The topological polar surface area (TPSA) is 75.7 Å². The molecule has 2 aromatic rings. The van der Waals surface area contributed by atoms with Crippen molar-refractivity contribution < 1.29 is 22.3 Å². The third-order valence-electron chi connectivity index (χ3n) is 3.47. The number of carbonyl (C=O) groups excluding carboxylic acids is 1. The molecule has 0 aliphatic heterocycles. The Morgan fingerprint density at radius 3 is 2.54 bits per heavy atom. The maximum Gasteiger partial charge on any atom is 0.248 e. The zero-order valence-electron chi connectivity index (χ0n) is 14.6. The molecule has 6 nitrogen and oxygen atoms in total. The Labute approximate surface area is 151 Å². The molecule has 0 heterocycles. The summed E-state index contributed by atoms with van der Waals surface area (Å²) < 4.78 is 44.1. The van der Waals surface area contributed by atoms with Crippen LogP contribution in [0.4, 0.5) is 10.1 Å². The van der Waals surface area contributed by atoms with Crippen molar-refractivity contribution in [2.24, 2.45) is 0 Å². The molecule has 138 valence electrons. The van der Waals surface area contributed by atoms with Crippen LogP contribution in [-0.2, 0) is 14.8 Å². The van der Waals surface area contributed by atoms with Crippen LogP contribution in [0, 0.1) is 5.82 Å². The number of rotatable bonds is 6. The van der Waals surface area contributed by atoms with Gasteiger partial charge in [-0.15, -0.1) is 0 Å². The minimum atomic E-state index is -3.70. The van der Waals surface area contributed by atoms with Crippen molar-refractivity contribution in [3.05, 3.63) is 59.9 Å². The molecule has 0 bridgehead atoms. The molecule has 0 unspecified atom stereocenters. The Hall–Kier alpha value is -2.71. The second-order valence-corrected chi connectivity index (χ2v) is 7.65. The highest BCUT2D eigenvalue weighted by molar-refractivity contribution is 7.89. The van der Waals surface area contributed by atoms with Gasteiger partial charge in [0.15, 0.2) is 0 Å². The molecule has 0 aromatic heterocycles. The van der Waals surface area contributed by atoms with E-state index in [1.165, 1.54) is 63.7 Å². The van der Waals surface area contributed by atoms with Gasteiger partial charge in [0.25, 0.3) is 0 Å². The van der Waals surface area contributed by atoms with Crippen molar-refractivity contribution in [2.45, 2.75) is 4.90 Å². The molecule has 0 spiro atoms. The van der Waals surface area contributed by atoms with Crippen molar-refractivity contribution in [1.82, 2.24) is 4.31 Å². The first-order valence-electron chi connectivity index (χ1n) is 7.59. The number of sulfonamides is 1. The third kappa shape index (κ3) is 4.68. The summed E-state index contributed by atoms with van der Waals surface area (Å²) in [7, 11) is 0.520. The van der Waals surface area contributed by atoms with E-state index in [2.05, 4.69) is 5.32 Å². The molecule has 0 saturated carbocycles. The van der Waals surface area contributed by atoms with E-state index in [9.17, 15) is 17.6 Å². The molecular weight excluding hydrogens is 359 g/mol. The third-order valence-corrected chi connectivity index (χ3v) is 5.30. The van der Waals surface area contributed by atoms with Gasteiger partial charge in [0, 0.05) is 25.9 Å². The van der Waals surface area contributed by atoms with Crippen molar-refractivity contribution in [2.75, 3.05) is 26.5 Å². The molecule has 0 radical (unpaired) electrons. The van der Waals surface area contributed by atoms with Crippen molar-refractivity contribution in [3.63, 3.8) is 0 Å². The number of hydrogen-bond donors (Lipinski definition) is 1. The highest BCUT2D eigenvalue weighted by Crippen LogP contribution is 2.27. The van der Waals surface area contributed by atoms with Crippen LogP contribution in [0.2, 0.25) is 0 Å². The Kier molecular flexibility index (Phi) is 6.12. The molecule has 0 aliphatic rings. The van der Waals surface area contributed by atoms with Crippen LogP contribution in [-0.4, -0.2) is 39.8 Å². The number of carbonyl (C=O) groups is 1. The molecule has 1 N–H and O–H groups in total. The highest BCUT2D eigenvalue weighted by atomic mass is 32.2. The van der Waals surface area contributed by atoms with E-state index in [1.807, 2.05) is 0 Å². The maximum atomic E-state index is 13.1. The largest absolute Gasteiger partial charge is 0.495 e. The van der Waals surface area contributed by atoms with E-state index in [4.69, 9.17) is 4.74 Å². The lowest BCUT2D eigenvalue weighted by Crippen LogP contribution is -2.22. The van der Waals surface area contributed by atoms with E-state index in [0.717, 1.165) is 4.31 Å². The molecule has 8 heteroatoms. The second-order valence-electron chi connectivity index (χ2n) is 5.53. The first kappa shape index (κ1) is 19.6. The van der Waals surface area contributed by atoms with Crippen LogP contribution in [0.3, 0.4) is 0 Å². The van der Waals surface area contributed by atoms with Gasteiger partial charge in [-0.05, 0) is 42.0 Å². The standard InChI is InChI=1S/C18H19FN2O4S/c1-21(2)26(23,24)17-11-13(7-9-16(17)25-3)8-10-18(22)20-15-6-4-5-14(19)12-15/h4-12H,1-3H3,(H,20,22)/b10-8+. The fraction of sp³-hybridized carbons (Fsp3) is 0.167. The fourth-order valence-corrected chi connectivity index (χ4v) is 3.20. The van der Waals surface area contributed by atoms with Crippen LogP contribution >= 0.6 is 0 Å². The predicted molar refractivity (Wildman–Crippen MR) is 97.9 cm³/mol. The summed E-state index contributed by atoms with van der Waals surface area (Å²) in [4.78, 5) is 11.9. The van der Waals surface area contributed by atoms with Gasteiger partial charge >= 0.3 is 0 Å². The number of halogens is 1. The monoisotopic (exact) mass is 378 g/mol. The summed E-state index contributed by atoms with van der Waals surface area (Å²) in [5.74, 6) is -0.719. The quantitative estimate of drug-likeness (QED) is 0.785. The zero-order valence-corrected chi connectivity index (χ0v) is 15.4. The minimum absolute atomic E-state index is 0.00214. The lowest BCUT2D eigenvalue weighted by atomic mass is 10.2. The Balaban J connectivity index is 2.24. The van der Waals surface area contributed by atoms with Crippen LogP contribution in [0.1, 0.15) is 5.56 Å². The number of amides is 1. The number of methoxy groups -OCH3 is 1. The fourth-order valence-electron chi connectivity index (χ4n) is 2.12. The van der Waals surface area contributed by atoms with E-state index in [0.29, 0.717) is 11.3 Å². The first-order valence-corrected chi connectivity index (χ1v) is 9.03. The average molecular weight is 378 g/mol. The smallest absolute Gasteiger partial charge is 0.248 e. The first-order chi connectivity index (χ1) is 12.2. The van der Waals surface area contributed by atoms with Gasteiger partial charge in [-0.2, -0.15) is 0 Å². The maximum absolute atomic E-state index is 13.1. The number of nitrogens with zero attached hydrogens (tertiary/aromatic N) is 1. The number of nitrogens with one attached hydrogen (secondary N) is 1. The zero-order chi connectivity index (χ0) is 19.3. The van der Waals surface area contributed by atoms with Crippen LogP contribution in [0.5, 0.6) is 5.75 Å². The van der Waals surface area contributed by atoms with Crippen LogP contribution in [0.15, 0.2) is 53.4 Å². The molecule has 0 atom stereocenters. The summed E-state index contributed by atoms with van der Waals surface area (Å²) in [5, 5.41) is 2.52. The number of benzene rings is 2. The summed E-state index contributed by atoms with van der Waals surface area (Å²) >= 11 is 0. The van der Waals surface area contributed by atoms with Crippen molar-refractivity contribution in [1.29, 1.82) is 0 Å². The van der Waals surface area contributed by atoms with Gasteiger partial charge in [-0.1, -0.05) is 12.1 Å². The molecule has 2 aromatic carbocycles. The van der Waals surface area contributed by atoms with Crippen molar-refractivity contribution in [3.8, 4) is 5.75 Å². The van der Waals surface area contributed by atoms with Gasteiger partial charge in [0.1, 0.15) is 16.5 Å². The lowest BCUT2D eigenvalue weighted by Gasteiger charge is -2.15. The van der Waals surface area contributed by atoms with Gasteiger partial charge in [0.2, 0.25) is 15.9 Å². The molecule has 2 rings (SSSR count). The van der Waals surface area contributed by atoms with Gasteiger partial charge in [0.05, 0.1) is 7.11 Å². The van der Waals surface area contributed by atoms with Crippen LogP contribution in [0.25, 0.3) is 6.08 Å². The van der Waals surface area contributed by atoms with Crippen molar-refractivity contribution >= 4 is 27.7 Å². The van der Waals surface area contributed by atoms with E-state index < -0.39 is 21.7 Å². The van der Waals surface area contributed by atoms with Gasteiger partial charge in [-0.25, -0.2) is 17.1 Å². The second kappa shape index (κ2) is 8.11. The molecule has 1 amide bonds. The van der Waals surface area contributed by atoms with Crippen LogP contribution < -0.4 is 10.1 Å². The summed E-state index contributed by atoms with van der Waals surface area (Å²) in [6, 6.07) is 10.1. The molecule has 0 fully saturated rings. The summed E-state index contributed by atoms with van der Waals surface area (Å²) in [5.41, 5.74) is 0.825. The average Bonchev–Trinajstić information content (AvgIpc) is 2.59.